The zero-order valence-electron chi connectivity index (χ0n) is 39.0. The number of amides is 6. The molecule has 2 saturated heterocycles. The van der Waals surface area contributed by atoms with Crippen LogP contribution in [0.25, 0.3) is 0 Å². The minimum atomic E-state index is -1.26. The van der Waals surface area contributed by atoms with Crippen molar-refractivity contribution < 1.29 is 68.4 Å². The fraction of sp³-hybridized carbons (Fsp3) is 0.636. The molecule has 2 fully saturated rings. The maximum Gasteiger partial charge on any atom is 0.326 e. The lowest BCUT2D eigenvalue weighted by atomic mass is 9.97. The molecule has 2 aliphatic heterocycles. The summed E-state index contributed by atoms with van der Waals surface area (Å²) in [5.41, 5.74) is 1.08. The van der Waals surface area contributed by atoms with Crippen LogP contribution in [0.3, 0.4) is 0 Å². The minimum absolute atomic E-state index is 0.0523. The highest BCUT2D eigenvalue weighted by atomic mass is 32.2. The molecule has 2 heterocycles. The first-order valence-corrected chi connectivity index (χ1v) is 24.0. The molecule has 1 aromatic carbocycles. The summed E-state index contributed by atoms with van der Waals surface area (Å²) in [4.78, 5) is 131. The van der Waals surface area contributed by atoms with Crippen LogP contribution in [0.4, 0.5) is 10.5 Å². The third kappa shape index (κ3) is 21.1. The van der Waals surface area contributed by atoms with Crippen LogP contribution in [0.1, 0.15) is 57.9 Å². The molecule has 378 valence electrons. The van der Waals surface area contributed by atoms with E-state index in [1.54, 1.807) is 50.8 Å². The Morgan fingerprint density at radius 2 is 1.22 bits per heavy atom. The molecular formula is C44H67N9O14S. The smallest absolute Gasteiger partial charge is 0.326 e. The number of rotatable bonds is 26. The summed E-state index contributed by atoms with van der Waals surface area (Å²) < 4.78 is 0. The number of hydrogen-bond donors (Lipinski definition) is 8. The fourth-order valence-electron chi connectivity index (χ4n) is 7.63. The van der Waals surface area contributed by atoms with Gasteiger partial charge in [-0.2, -0.15) is 11.8 Å². The number of Topliss-reactive ketones (excluding diaryl/α,β-unsaturated/α-hetero) is 1. The van der Waals surface area contributed by atoms with E-state index in [1.165, 1.54) is 23.6 Å². The number of carbonyl (C=O) groups excluding carboxylic acids is 6. The molecule has 0 bridgehead atoms. The number of benzene rings is 1. The summed E-state index contributed by atoms with van der Waals surface area (Å²) in [6.45, 7) is 4.63. The highest BCUT2D eigenvalue weighted by Gasteiger charge is 2.35. The number of likely N-dealkylation sites (tertiary alicyclic amines) is 1. The number of carboxylic acid groups (broad SMARTS) is 4. The van der Waals surface area contributed by atoms with Gasteiger partial charge < -0.3 is 41.7 Å². The van der Waals surface area contributed by atoms with Gasteiger partial charge >= 0.3 is 29.9 Å². The topological polar surface area (TPSA) is 316 Å². The van der Waals surface area contributed by atoms with E-state index in [0.717, 1.165) is 0 Å². The van der Waals surface area contributed by atoms with Gasteiger partial charge in [0.25, 0.3) is 0 Å². The van der Waals surface area contributed by atoms with Crippen molar-refractivity contribution in [3.05, 3.63) is 29.8 Å². The summed E-state index contributed by atoms with van der Waals surface area (Å²) in [6, 6.07) is 3.72. The molecule has 1 unspecified atom stereocenters. The number of nitrogens with zero attached hydrogens (tertiary/aromatic N) is 5. The van der Waals surface area contributed by atoms with E-state index in [4.69, 9.17) is 0 Å². The van der Waals surface area contributed by atoms with Crippen molar-refractivity contribution in [2.45, 2.75) is 71.0 Å². The molecule has 3 rings (SSSR count). The molecule has 0 radical (unpaired) electrons. The highest BCUT2D eigenvalue weighted by molar-refractivity contribution is 7.98. The van der Waals surface area contributed by atoms with Crippen LogP contribution >= 0.6 is 11.8 Å². The third-order valence-electron chi connectivity index (χ3n) is 11.5. The molecule has 1 aromatic rings. The van der Waals surface area contributed by atoms with Gasteiger partial charge in [0.05, 0.1) is 32.2 Å². The fourth-order valence-corrected chi connectivity index (χ4v) is 8.11. The van der Waals surface area contributed by atoms with E-state index in [9.17, 15) is 68.4 Å². The van der Waals surface area contributed by atoms with Gasteiger partial charge in [-0.25, -0.2) is 9.59 Å². The Morgan fingerprint density at radius 1 is 0.706 bits per heavy atom. The van der Waals surface area contributed by atoms with Crippen molar-refractivity contribution in [2.75, 3.05) is 102 Å². The second kappa shape index (κ2) is 29.3. The number of thioether (sulfide) groups is 1. The first-order chi connectivity index (χ1) is 32.2. The maximum absolute atomic E-state index is 13.4. The van der Waals surface area contributed by atoms with Crippen LogP contribution in [-0.2, 0) is 49.7 Å². The average molecular weight is 978 g/mol. The Labute approximate surface area is 399 Å². The molecular weight excluding hydrogens is 911 g/mol. The third-order valence-corrected chi connectivity index (χ3v) is 12.2. The van der Waals surface area contributed by atoms with E-state index in [-0.39, 0.29) is 141 Å². The van der Waals surface area contributed by atoms with Crippen LogP contribution in [0.15, 0.2) is 24.3 Å². The van der Waals surface area contributed by atoms with E-state index < -0.39 is 59.6 Å². The Kier molecular flexibility index (Phi) is 24.4. The van der Waals surface area contributed by atoms with Gasteiger partial charge in [0.2, 0.25) is 23.6 Å². The van der Waals surface area contributed by atoms with Gasteiger partial charge in [-0.05, 0) is 55.4 Å². The Morgan fingerprint density at radius 3 is 1.68 bits per heavy atom. The number of carboxylic acids is 4. The van der Waals surface area contributed by atoms with Crippen molar-refractivity contribution in [2.24, 2.45) is 11.8 Å². The van der Waals surface area contributed by atoms with Crippen molar-refractivity contribution in [3.8, 4) is 0 Å². The number of unbranched alkanes of at least 4 members (excludes halogenated alkanes) is 1. The van der Waals surface area contributed by atoms with Gasteiger partial charge in [-0.3, -0.25) is 62.9 Å². The first-order valence-electron chi connectivity index (χ1n) is 22.6. The second-order valence-electron chi connectivity index (χ2n) is 17.1. The van der Waals surface area contributed by atoms with Crippen molar-refractivity contribution in [1.82, 2.24) is 40.4 Å². The maximum atomic E-state index is 13.4. The summed E-state index contributed by atoms with van der Waals surface area (Å²) in [5.74, 6) is -7.13. The zero-order chi connectivity index (χ0) is 50.3. The molecule has 0 aromatic heterocycles. The molecule has 0 aliphatic carbocycles. The standard InChI is InChI=1S/C44H67N9O14S/c1-29(41(63)47-34(43(65)66)6-4-5-12-53-37(56)23-30(2)42(53)64)22-35(54)33(11-21-68-3)48-44(67)46-32-9-7-31(8-10-32)24-45-36(55)25-49-13-15-50(26-38(57)58)17-19-52(28-40(61)62)20-18-51(16-14-49)27-39(59)60/h7-10,29-30,33-34H,4-6,11-28H2,1-3H3,(H,45,55)(H,47,63)(H,57,58)(H,59,60)(H,61,62)(H,65,66)(H2,46,48,67)/t29-,30?,33-,34-/m0/s1. The number of hydrogen-bond acceptors (Lipinski definition) is 15. The predicted octanol–water partition coefficient (Wildman–Crippen LogP) is -0.249. The molecule has 6 amide bonds. The molecule has 8 N–H and O–H groups in total. The normalized spacial score (nSPS) is 18.3. The van der Waals surface area contributed by atoms with E-state index in [2.05, 4.69) is 21.3 Å². The van der Waals surface area contributed by atoms with Crippen molar-refractivity contribution in [3.63, 3.8) is 0 Å². The molecule has 0 spiro atoms. The lowest BCUT2D eigenvalue weighted by Crippen LogP contribution is -2.49. The van der Waals surface area contributed by atoms with Crippen LogP contribution in [-0.4, -0.2) is 213 Å². The SMILES string of the molecule is CSCC[C@H](NC(=O)Nc1ccc(CNC(=O)CN2CCN(CC(=O)O)CCN(CC(=O)O)CCN(CC(=O)O)CC2)cc1)C(=O)C[C@H](C)C(=O)N[C@@H](CCCCN1C(=O)CC(C)C1=O)C(=O)O. The molecule has 23 nitrogen and oxygen atoms in total. The Hall–Kier alpha value is -5.69. The average Bonchev–Trinajstić information content (AvgIpc) is 3.51. The van der Waals surface area contributed by atoms with Gasteiger partial charge in [0.1, 0.15) is 6.04 Å². The molecule has 68 heavy (non-hydrogen) atoms. The van der Waals surface area contributed by atoms with Crippen molar-refractivity contribution in [1.29, 1.82) is 0 Å². The summed E-state index contributed by atoms with van der Waals surface area (Å²) >= 11 is 1.46. The van der Waals surface area contributed by atoms with Crippen molar-refractivity contribution >= 4 is 76.8 Å². The molecule has 0 saturated carbocycles. The minimum Gasteiger partial charge on any atom is -0.480 e. The van der Waals surface area contributed by atoms with Gasteiger partial charge in [-0.15, -0.1) is 0 Å². The first kappa shape index (κ1) is 56.6. The van der Waals surface area contributed by atoms with Crippen LogP contribution in [0.2, 0.25) is 0 Å². The molecule has 24 heteroatoms. The quantitative estimate of drug-likeness (QED) is 0.0438. The van der Waals surface area contributed by atoms with Crippen LogP contribution in [0.5, 0.6) is 0 Å². The number of urea groups is 1. The monoisotopic (exact) mass is 977 g/mol. The van der Waals surface area contributed by atoms with Gasteiger partial charge in [-0.1, -0.05) is 26.0 Å². The number of anilines is 1. The largest absolute Gasteiger partial charge is 0.480 e. The zero-order valence-corrected chi connectivity index (χ0v) is 39.8. The Bertz CT molecular complexity index is 1890. The number of carbonyl (C=O) groups is 10. The van der Waals surface area contributed by atoms with E-state index in [0.29, 0.717) is 29.8 Å². The van der Waals surface area contributed by atoms with E-state index in [1.807, 2.05) is 6.26 Å². The lowest BCUT2D eigenvalue weighted by molar-refractivity contribution is -0.143. The summed E-state index contributed by atoms with van der Waals surface area (Å²) in [5, 5.41) is 48.8. The number of nitrogens with one attached hydrogen (secondary N) is 4. The van der Waals surface area contributed by atoms with Crippen LogP contribution in [0, 0.1) is 11.8 Å². The summed E-state index contributed by atoms with van der Waals surface area (Å²) in [6.07, 6.45) is 2.73. The Balaban J connectivity index is 1.51. The van der Waals surface area contributed by atoms with Gasteiger partial charge in [0.15, 0.2) is 5.78 Å². The predicted molar refractivity (Wildman–Crippen MR) is 249 cm³/mol. The lowest BCUT2D eigenvalue weighted by Gasteiger charge is -2.32. The highest BCUT2D eigenvalue weighted by Crippen LogP contribution is 2.20. The van der Waals surface area contributed by atoms with Crippen LogP contribution < -0.4 is 21.3 Å². The summed E-state index contributed by atoms with van der Waals surface area (Å²) in [7, 11) is 0. The second-order valence-corrected chi connectivity index (χ2v) is 18.1. The number of ketones is 1. The number of imide groups is 1. The number of aliphatic carboxylic acids is 4. The van der Waals surface area contributed by atoms with E-state index >= 15 is 0 Å². The molecule has 2 aliphatic rings. The molecule has 4 atom stereocenters. The van der Waals surface area contributed by atoms with Gasteiger partial charge in [0, 0.05) is 95.8 Å².